The lowest BCUT2D eigenvalue weighted by Gasteiger charge is -2.34. The lowest BCUT2D eigenvalue weighted by molar-refractivity contribution is -0.255. The van der Waals surface area contributed by atoms with Crippen LogP contribution in [0.2, 0.25) is 0 Å². The van der Waals surface area contributed by atoms with E-state index in [0.29, 0.717) is 16.7 Å². The molecule has 1 fully saturated rings. The molecule has 3 aromatic rings. The van der Waals surface area contributed by atoms with Crippen molar-refractivity contribution in [3.63, 3.8) is 0 Å². The molecule has 2 aliphatic rings. The Morgan fingerprint density at radius 3 is 1.73 bits per heavy atom. The summed E-state index contributed by atoms with van der Waals surface area (Å²) >= 11 is 0. The Labute approximate surface area is 212 Å². The number of fused-ring (bicyclic) bond motifs is 1. The van der Waals surface area contributed by atoms with Crippen molar-refractivity contribution in [3.8, 4) is 0 Å². The van der Waals surface area contributed by atoms with Crippen molar-refractivity contribution in [2.45, 2.75) is 4.90 Å². The van der Waals surface area contributed by atoms with Gasteiger partial charge in [0.05, 0.1) is 27.7 Å². The van der Waals surface area contributed by atoms with Crippen LogP contribution in [0.3, 0.4) is 0 Å². The van der Waals surface area contributed by atoms with E-state index in [0.717, 1.165) is 4.90 Å². The minimum atomic E-state index is -3.88. The lowest BCUT2D eigenvalue weighted by Crippen LogP contribution is -2.50. The summed E-state index contributed by atoms with van der Waals surface area (Å²) in [4.78, 5) is 51.5. The molecule has 0 aliphatic carbocycles. The molecule has 3 aromatic carbocycles. The molecule has 3 amide bonds. The maximum atomic E-state index is 13.2. The standard InChI is InChI=1S/C26H21N3O7S/c30-23(17-5-7-18(8-6-17)26(33)34)27-13-15-28(16-14-27)37(35,36)20-11-9-19(10-12-20)29-24(31)21-3-1-2-4-22(21)25(29)32/h1-12H,13-16H2,(H,33,34)/p-1. The first-order valence-corrected chi connectivity index (χ1v) is 12.8. The fraction of sp³-hybridized carbons (Fsp3) is 0.154. The summed E-state index contributed by atoms with van der Waals surface area (Å²) in [5.41, 5.74) is 1.12. The van der Waals surface area contributed by atoms with Crippen molar-refractivity contribution in [3.05, 3.63) is 95.1 Å². The van der Waals surface area contributed by atoms with Gasteiger partial charge in [0.25, 0.3) is 17.7 Å². The molecule has 0 atom stereocenters. The van der Waals surface area contributed by atoms with E-state index in [2.05, 4.69) is 0 Å². The number of piperazine rings is 1. The average Bonchev–Trinajstić information content (AvgIpc) is 3.18. The number of carbonyl (C=O) groups is 4. The van der Waals surface area contributed by atoms with Gasteiger partial charge < -0.3 is 14.8 Å². The van der Waals surface area contributed by atoms with Crippen LogP contribution in [-0.4, -0.2) is 67.5 Å². The van der Waals surface area contributed by atoms with Crippen LogP contribution in [0.25, 0.3) is 0 Å². The SMILES string of the molecule is O=C([O-])c1ccc(C(=O)N2CCN(S(=O)(=O)c3ccc(N4C(=O)c5ccccc5C4=O)cc3)CC2)cc1. The summed E-state index contributed by atoms with van der Waals surface area (Å²) in [6.07, 6.45) is 0. The third-order valence-electron chi connectivity index (χ3n) is 6.42. The molecule has 0 saturated carbocycles. The summed E-state index contributed by atoms with van der Waals surface area (Å²) in [5.74, 6) is -2.60. The summed E-state index contributed by atoms with van der Waals surface area (Å²) in [5, 5.41) is 10.9. The largest absolute Gasteiger partial charge is 0.545 e. The second kappa shape index (κ2) is 9.26. The zero-order chi connectivity index (χ0) is 26.3. The van der Waals surface area contributed by atoms with Crippen molar-refractivity contribution in [1.29, 1.82) is 0 Å². The van der Waals surface area contributed by atoms with Crippen LogP contribution in [0.15, 0.2) is 77.7 Å². The Balaban J connectivity index is 1.26. The van der Waals surface area contributed by atoms with Gasteiger partial charge in [-0.05, 0) is 54.1 Å². The summed E-state index contributed by atoms with van der Waals surface area (Å²) in [6.45, 7) is 0.470. The fourth-order valence-electron chi connectivity index (χ4n) is 4.40. The van der Waals surface area contributed by atoms with Crippen LogP contribution in [0.1, 0.15) is 41.4 Å². The van der Waals surface area contributed by atoms with E-state index in [1.807, 2.05) is 0 Å². The Hall–Kier alpha value is -4.35. The number of sulfonamides is 1. The van der Waals surface area contributed by atoms with Gasteiger partial charge in [0.1, 0.15) is 0 Å². The van der Waals surface area contributed by atoms with E-state index in [1.165, 1.54) is 57.7 Å². The third kappa shape index (κ3) is 4.28. The number of carboxylic acid groups (broad SMARTS) is 1. The number of imide groups is 1. The Bertz CT molecular complexity index is 1490. The molecule has 0 radical (unpaired) electrons. The van der Waals surface area contributed by atoms with Crippen LogP contribution >= 0.6 is 0 Å². The maximum Gasteiger partial charge on any atom is 0.266 e. The summed E-state index contributed by atoms with van der Waals surface area (Å²) in [6, 6.07) is 17.4. The minimum absolute atomic E-state index is 0.00510. The Kier molecular flexibility index (Phi) is 6.10. The molecular weight excluding hydrogens is 498 g/mol. The molecule has 5 rings (SSSR count). The molecule has 37 heavy (non-hydrogen) atoms. The summed E-state index contributed by atoms with van der Waals surface area (Å²) < 4.78 is 27.6. The average molecular weight is 519 g/mol. The molecule has 188 valence electrons. The molecule has 0 N–H and O–H groups in total. The number of aromatic carboxylic acids is 1. The first kappa shape index (κ1) is 24.3. The van der Waals surface area contributed by atoms with Gasteiger partial charge in [-0.25, -0.2) is 13.3 Å². The fourth-order valence-corrected chi connectivity index (χ4v) is 5.83. The van der Waals surface area contributed by atoms with Gasteiger partial charge >= 0.3 is 0 Å². The molecular formula is C26H20N3O7S-. The zero-order valence-electron chi connectivity index (χ0n) is 19.4. The highest BCUT2D eigenvalue weighted by molar-refractivity contribution is 7.89. The summed E-state index contributed by atoms with van der Waals surface area (Å²) in [7, 11) is -3.88. The molecule has 1 saturated heterocycles. The Morgan fingerprint density at radius 1 is 0.703 bits per heavy atom. The lowest BCUT2D eigenvalue weighted by atomic mass is 10.1. The highest BCUT2D eigenvalue weighted by Crippen LogP contribution is 2.29. The number of benzene rings is 3. The van der Waals surface area contributed by atoms with Crippen LogP contribution in [0.4, 0.5) is 5.69 Å². The van der Waals surface area contributed by atoms with E-state index in [-0.39, 0.29) is 48.2 Å². The molecule has 0 spiro atoms. The molecule has 2 heterocycles. The van der Waals surface area contributed by atoms with Crippen LogP contribution in [0.5, 0.6) is 0 Å². The van der Waals surface area contributed by atoms with Gasteiger partial charge in [-0.1, -0.05) is 24.3 Å². The van der Waals surface area contributed by atoms with Crippen molar-refractivity contribution >= 4 is 39.4 Å². The molecule has 10 nitrogen and oxygen atoms in total. The van der Waals surface area contributed by atoms with Gasteiger partial charge in [0.2, 0.25) is 10.0 Å². The minimum Gasteiger partial charge on any atom is -0.545 e. The van der Waals surface area contributed by atoms with E-state index in [1.54, 1.807) is 24.3 Å². The van der Waals surface area contributed by atoms with Crippen molar-refractivity contribution < 1.29 is 32.7 Å². The second-order valence-electron chi connectivity index (χ2n) is 8.55. The van der Waals surface area contributed by atoms with Gasteiger partial charge in [-0.3, -0.25) is 14.4 Å². The molecule has 11 heteroatoms. The van der Waals surface area contributed by atoms with E-state index in [4.69, 9.17) is 0 Å². The maximum absolute atomic E-state index is 13.2. The quantitative estimate of drug-likeness (QED) is 0.460. The number of hydrogen-bond acceptors (Lipinski definition) is 7. The first-order chi connectivity index (χ1) is 17.7. The van der Waals surface area contributed by atoms with Gasteiger partial charge in [0, 0.05) is 31.7 Å². The van der Waals surface area contributed by atoms with E-state index >= 15 is 0 Å². The number of rotatable bonds is 5. The number of anilines is 1. The van der Waals surface area contributed by atoms with Crippen LogP contribution < -0.4 is 10.0 Å². The predicted molar refractivity (Wildman–Crippen MR) is 129 cm³/mol. The third-order valence-corrected chi connectivity index (χ3v) is 8.33. The highest BCUT2D eigenvalue weighted by atomic mass is 32.2. The normalized spacial score (nSPS) is 16.1. The van der Waals surface area contributed by atoms with Gasteiger partial charge in [0.15, 0.2) is 0 Å². The van der Waals surface area contributed by atoms with Crippen LogP contribution in [0, 0.1) is 0 Å². The number of carboxylic acids is 1. The Morgan fingerprint density at radius 2 is 1.22 bits per heavy atom. The molecule has 0 bridgehead atoms. The second-order valence-corrected chi connectivity index (χ2v) is 10.5. The van der Waals surface area contributed by atoms with E-state index in [9.17, 15) is 32.7 Å². The number of carbonyl (C=O) groups excluding carboxylic acids is 4. The molecule has 0 unspecified atom stereocenters. The zero-order valence-corrected chi connectivity index (χ0v) is 20.2. The first-order valence-electron chi connectivity index (χ1n) is 11.4. The van der Waals surface area contributed by atoms with E-state index < -0.39 is 27.8 Å². The molecule has 0 aromatic heterocycles. The molecule has 2 aliphatic heterocycles. The number of amides is 3. The monoisotopic (exact) mass is 518 g/mol. The number of hydrogen-bond donors (Lipinski definition) is 0. The van der Waals surface area contributed by atoms with Gasteiger partial charge in [-0.2, -0.15) is 4.31 Å². The van der Waals surface area contributed by atoms with Crippen molar-refractivity contribution in [2.24, 2.45) is 0 Å². The highest BCUT2D eigenvalue weighted by Gasteiger charge is 2.37. The van der Waals surface area contributed by atoms with Crippen molar-refractivity contribution in [2.75, 3.05) is 31.1 Å². The van der Waals surface area contributed by atoms with Gasteiger partial charge in [-0.15, -0.1) is 0 Å². The van der Waals surface area contributed by atoms with Crippen LogP contribution in [-0.2, 0) is 10.0 Å². The predicted octanol–water partition coefficient (Wildman–Crippen LogP) is 0.997. The topological polar surface area (TPSA) is 135 Å². The smallest absolute Gasteiger partial charge is 0.266 e. The number of nitrogens with zero attached hydrogens (tertiary/aromatic N) is 3. The van der Waals surface area contributed by atoms with Crippen molar-refractivity contribution in [1.82, 2.24) is 9.21 Å².